The maximum atomic E-state index is 11.6. The van der Waals surface area contributed by atoms with Gasteiger partial charge >= 0.3 is 12.0 Å². The molecule has 1 fully saturated rings. The second-order valence-corrected chi connectivity index (χ2v) is 4.95. The van der Waals surface area contributed by atoms with E-state index in [0.717, 1.165) is 0 Å². The lowest BCUT2D eigenvalue weighted by molar-refractivity contribution is -0.210. The molecule has 0 aromatic carbocycles. The molecule has 1 rings (SSSR count). The fourth-order valence-electron chi connectivity index (χ4n) is 1.23. The van der Waals surface area contributed by atoms with Gasteiger partial charge in [0, 0.05) is 20.0 Å². The summed E-state index contributed by atoms with van der Waals surface area (Å²) in [6.07, 6.45) is -0.476. The molecule has 0 radical (unpaired) electrons. The first-order chi connectivity index (χ1) is 7.23. The van der Waals surface area contributed by atoms with Gasteiger partial charge in [0.05, 0.1) is 5.41 Å². The number of carbonyl (C=O) groups is 2. The Bertz CT molecular complexity index is 298. The maximum absolute atomic E-state index is 11.6. The first-order valence-electron chi connectivity index (χ1n) is 5.18. The van der Waals surface area contributed by atoms with E-state index in [-0.39, 0.29) is 0 Å². The molecule has 0 aromatic heterocycles. The molecule has 6 nitrogen and oxygen atoms in total. The highest BCUT2D eigenvalue weighted by atomic mass is 16.6. The van der Waals surface area contributed by atoms with E-state index in [1.165, 1.54) is 4.90 Å². The van der Waals surface area contributed by atoms with Crippen LogP contribution in [0.5, 0.6) is 0 Å². The summed E-state index contributed by atoms with van der Waals surface area (Å²) in [5.41, 5.74) is -0.646. The van der Waals surface area contributed by atoms with Crippen LogP contribution >= 0.6 is 0 Å². The predicted molar refractivity (Wildman–Crippen MR) is 55.6 cm³/mol. The number of hydrogen-bond acceptors (Lipinski definition) is 4. The van der Waals surface area contributed by atoms with Crippen molar-refractivity contribution in [2.75, 3.05) is 13.6 Å². The van der Waals surface area contributed by atoms with Gasteiger partial charge in [-0.1, -0.05) is 0 Å². The molecule has 0 aromatic rings. The highest BCUT2D eigenvalue weighted by Crippen LogP contribution is 2.20. The molecule has 1 aliphatic heterocycles. The van der Waals surface area contributed by atoms with E-state index in [1.54, 1.807) is 27.8 Å². The number of amides is 2. The van der Waals surface area contributed by atoms with Crippen molar-refractivity contribution in [3.63, 3.8) is 0 Å². The molecule has 1 N–H and O–H groups in total. The fourth-order valence-corrected chi connectivity index (χ4v) is 1.23. The van der Waals surface area contributed by atoms with Gasteiger partial charge in [0.25, 0.3) is 0 Å². The van der Waals surface area contributed by atoms with Crippen LogP contribution in [0.4, 0.5) is 4.79 Å². The molecular formula is C10H18N2O4. The summed E-state index contributed by atoms with van der Waals surface area (Å²) in [6.45, 7) is 5.60. The van der Waals surface area contributed by atoms with E-state index in [2.05, 4.69) is 0 Å². The summed E-state index contributed by atoms with van der Waals surface area (Å²) >= 11 is 0. The minimum absolute atomic E-state index is 0.403. The second-order valence-electron chi connectivity index (χ2n) is 4.95. The van der Waals surface area contributed by atoms with Crippen molar-refractivity contribution < 1.29 is 19.5 Å². The minimum Gasteiger partial charge on any atom is -0.439 e. The lowest BCUT2D eigenvalue weighted by Crippen LogP contribution is -2.53. The molecule has 1 unspecified atom stereocenters. The van der Waals surface area contributed by atoms with E-state index < -0.39 is 23.6 Å². The van der Waals surface area contributed by atoms with Gasteiger partial charge < -0.3 is 9.64 Å². The van der Waals surface area contributed by atoms with Gasteiger partial charge in [-0.15, -0.1) is 0 Å². The molecule has 1 atom stereocenters. The van der Waals surface area contributed by atoms with Crippen LogP contribution in [-0.4, -0.2) is 47.0 Å². The number of esters is 1. The Morgan fingerprint density at radius 1 is 1.50 bits per heavy atom. The standard InChI is InChI=1S/C10H18N2O4/c1-10(2,3)8(13)16-7-5-6-11(4)9(14)12(7)15/h7,15H,5-6H2,1-4H3. The molecule has 1 aliphatic rings. The van der Waals surface area contributed by atoms with Crippen molar-refractivity contribution in [2.24, 2.45) is 5.41 Å². The van der Waals surface area contributed by atoms with Gasteiger partial charge in [0.1, 0.15) is 0 Å². The molecular weight excluding hydrogens is 212 g/mol. The summed E-state index contributed by atoms with van der Waals surface area (Å²) in [5.74, 6) is -0.436. The lowest BCUT2D eigenvalue weighted by Gasteiger charge is -2.35. The van der Waals surface area contributed by atoms with Crippen molar-refractivity contribution in [1.29, 1.82) is 0 Å². The Hall–Kier alpha value is -1.30. The van der Waals surface area contributed by atoms with E-state index in [0.29, 0.717) is 18.0 Å². The first kappa shape index (κ1) is 12.8. The van der Waals surface area contributed by atoms with Crippen molar-refractivity contribution >= 4 is 12.0 Å². The van der Waals surface area contributed by atoms with E-state index >= 15 is 0 Å². The quantitative estimate of drug-likeness (QED) is 0.540. The van der Waals surface area contributed by atoms with Crippen molar-refractivity contribution in [1.82, 2.24) is 9.96 Å². The molecule has 16 heavy (non-hydrogen) atoms. The predicted octanol–water partition coefficient (Wildman–Crippen LogP) is 1.05. The Kier molecular flexibility index (Phi) is 3.42. The Morgan fingerprint density at radius 3 is 2.56 bits per heavy atom. The largest absolute Gasteiger partial charge is 0.439 e. The molecule has 2 amide bonds. The summed E-state index contributed by atoms with van der Waals surface area (Å²) in [6, 6.07) is -0.557. The number of ether oxygens (including phenoxy) is 1. The fraction of sp³-hybridized carbons (Fsp3) is 0.800. The second kappa shape index (κ2) is 4.29. The molecule has 1 heterocycles. The number of carbonyl (C=O) groups excluding carboxylic acids is 2. The Morgan fingerprint density at radius 2 is 2.06 bits per heavy atom. The smallest absolute Gasteiger partial charge is 0.346 e. The van der Waals surface area contributed by atoms with Crippen LogP contribution in [0.1, 0.15) is 27.2 Å². The zero-order chi connectivity index (χ0) is 12.5. The molecule has 0 bridgehead atoms. The molecule has 92 valence electrons. The summed E-state index contributed by atoms with van der Waals surface area (Å²) < 4.78 is 5.08. The number of nitrogens with zero attached hydrogens (tertiary/aromatic N) is 2. The monoisotopic (exact) mass is 230 g/mol. The van der Waals surface area contributed by atoms with E-state index in [4.69, 9.17) is 4.74 Å². The zero-order valence-electron chi connectivity index (χ0n) is 10.1. The van der Waals surface area contributed by atoms with Gasteiger partial charge in [-0.2, -0.15) is 5.06 Å². The molecule has 0 aliphatic carbocycles. The number of hydroxylamine groups is 2. The van der Waals surface area contributed by atoms with Gasteiger partial charge in [0.2, 0.25) is 6.23 Å². The average molecular weight is 230 g/mol. The third-order valence-electron chi connectivity index (χ3n) is 2.36. The van der Waals surface area contributed by atoms with Gasteiger partial charge in [0.15, 0.2) is 0 Å². The van der Waals surface area contributed by atoms with Crippen molar-refractivity contribution in [2.45, 2.75) is 33.4 Å². The van der Waals surface area contributed by atoms with Crippen LogP contribution in [0, 0.1) is 5.41 Å². The third kappa shape index (κ3) is 2.63. The Labute approximate surface area is 94.7 Å². The first-order valence-corrected chi connectivity index (χ1v) is 5.18. The number of hydrogen-bond donors (Lipinski definition) is 1. The molecule has 6 heteroatoms. The van der Waals surface area contributed by atoms with E-state index in [1.807, 2.05) is 0 Å². The molecule has 0 saturated carbocycles. The maximum Gasteiger partial charge on any atom is 0.346 e. The topological polar surface area (TPSA) is 70.1 Å². The van der Waals surface area contributed by atoms with Gasteiger partial charge in [-0.25, -0.2) is 4.79 Å². The van der Waals surface area contributed by atoms with Crippen LogP contribution < -0.4 is 0 Å². The SMILES string of the molecule is CN1CCC(OC(=O)C(C)(C)C)N(O)C1=O. The Balaban J connectivity index is 2.63. The normalized spacial score (nSPS) is 22.3. The number of rotatable bonds is 1. The van der Waals surface area contributed by atoms with Gasteiger partial charge in [-0.05, 0) is 20.8 Å². The highest BCUT2D eigenvalue weighted by molar-refractivity contribution is 5.77. The van der Waals surface area contributed by atoms with Crippen molar-refractivity contribution in [3.05, 3.63) is 0 Å². The summed E-state index contributed by atoms with van der Waals surface area (Å²) in [4.78, 5) is 24.3. The molecule has 1 saturated heterocycles. The highest BCUT2D eigenvalue weighted by Gasteiger charge is 2.35. The van der Waals surface area contributed by atoms with Gasteiger partial charge in [-0.3, -0.25) is 10.0 Å². The van der Waals surface area contributed by atoms with Crippen LogP contribution in [-0.2, 0) is 9.53 Å². The minimum atomic E-state index is -0.879. The number of urea groups is 1. The molecule has 0 spiro atoms. The lowest BCUT2D eigenvalue weighted by atomic mass is 9.97. The van der Waals surface area contributed by atoms with E-state index in [9.17, 15) is 14.8 Å². The van der Waals surface area contributed by atoms with Crippen LogP contribution in [0.15, 0.2) is 0 Å². The summed E-state index contributed by atoms with van der Waals surface area (Å²) in [7, 11) is 1.58. The third-order valence-corrected chi connectivity index (χ3v) is 2.36. The zero-order valence-corrected chi connectivity index (χ0v) is 10.1. The van der Waals surface area contributed by atoms with Crippen LogP contribution in [0.2, 0.25) is 0 Å². The van der Waals surface area contributed by atoms with Crippen molar-refractivity contribution in [3.8, 4) is 0 Å². The summed E-state index contributed by atoms with van der Waals surface area (Å²) in [5, 5.41) is 9.95. The van der Waals surface area contributed by atoms with Crippen LogP contribution in [0.3, 0.4) is 0 Å². The van der Waals surface area contributed by atoms with Crippen LogP contribution in [0.25, 0.3) is 0 Å². The average Bonchev–Trinajstić information content (AvgIpc) is 2.17.